The Balaban J connectivity index is 0.00000280. The minimum Gasteiger partial charge on any atom is -1.00 e. The number of unbranched alkanes of at least 4 members (excludes halogenated alkanes) is 1. The van der Waals surface area contributed by atoms with E-state index in [1.807, 2.05) is 6.07 Å². The van der Waals surface area contributed by atoms with Gasteiger partial charge in [-0.25, -0.2) is 0 Å². The molecule has 0 saturated carbocycles. The Bertz CT molecular complexity index is 880. The summed E-state index contributed by atoms with van der Waals surface area (Å²) in [7, 11) is 4.13. The molecule has 2 aromatic carbocycles. The highest BCUT2D eigenvalue weighted by Gasteiger charge is 2.44. The molecule has 2 nitrogen and oxygen atoms in total. The van der Waals surface area contributed by atoms with E-state index < -0.39 is 0 Å². The topological polar surface area (TPSA) is 6.25 Å². The quantitative estimate of drug-likeness (QED) is 0.429. The van der Waals surface area contributed by atoms with Crippen molar-refractivity contribution in [3.8, 4) is 0 Å². The van der Waals surface area contributed by atoms with Crippen LogP contribution in [0, 0.1) is 0 Å². The Hall–Kier alpha value is -1.33. The molecule has 0 aromatic heterocycles. The molecule has 2 aromatic rings. The van der Waals surface area contributed by atoms with Crippen molar-refractivity contribution >= 4 is 34.8 Å². The van der Waals surface area contributed by atoms with Crippen LogP contribution < -0.4 is 28.9 Å². The van der Waals surface area contributed by atoms with Gasteiger partial charge in [-0.15, -0.1) is 0 Å². The summed E-state index contributed by atoms with van der Waals surface area (Å²) < 4.78 is 2.47. The van der Waals surface area contributed by atoms with Gasteiger partial charge in [-0.3, -0.25) is 0 Å². The van der Waals surface area contributed by atoms with Crippen LogP contribution in [-0.2, 0) is 5.41 Å². The molecule has 0 amide bonds. The smallest absolute Gasteiger partial charge is 0.209 e. The third kappa shape index (κ3) is 4.62. The summed E-state index contributed by atoms with van der Waals surface area (Å²) >= 11 is 6.31. The van der Waals surface area contributed by atoms with Crippen LogP contribution in [-0.4, -0.2) is 30.9 Å². The number of fused-ring (bicyclic) bond motifs is 1. The molecule has 3 rings (SSSR count). The van der Waals surface area contributed by atoms with Crippen molar-refractivity contribution in [3.63, 3.8) is 0 Å². The third-order valence-electron chi connectivity index (χ3n) is 5.43. The van der Waals surface area contributed by atoms with E-state index in [9.17, 15) is 0 Å². The highest BCUT2D eigenvalue weighted by Crippen LogP contribution is 2.41. The van der Waals surface area contributed by atoms with Crippen molar-refractivity contribution in [2.75, 3.05) is 25.5 Å². The Morgan fingerprint density at radius 3 is 2.32 bits per heavy atom. The first-order valence-corrected chi connectivity index (χ1v) is 10.1. The molecule has 0 N–H and O–H groups in total. The average molecular weight is 509 g/mol. The normalized spacial score (nSPS) is 14.9. The van der Waals surface area contributed by atoms with Crippen LogP contribution in [0.3, 0.4) is 0 Å². The van der Waals surface area contributed by atoms with Crippen molar-refractivity contribution in [1.82, 2.24) is 0 Å². The van der Waals surface area contributed by atoms with Crippen LogP contribution in [0.15, 0.2) is 48.5 Å². The molecule has 0 bridgehead atoms. The second-order valence-electron chi connectivity index (χ2n) is 8.00. The van der Waals surface area contributed by atoms with Crippen molar-refractivity contribution in [3.05, 3.63) is 64.7 Å². The van der Waals surface area contributed by atoms with Gasteiger partial charge in [0.25, 0.3) is 0 Å². The van der Waals surface area contributed by atoms with Crippen LogP contribution in [0.1, 0.15) is 44.7 Å². The Kier molecular flexibility index (Phi) is 7.74. The predicted molar refractivity (Wildman–Crippen MR) is 119 cm³/mol. The van der Waals surface area contributed by atoms with Crippen molar-refractivity contribution in [2.45, 2.75) is 39.0 Å². The lowest BCUT2D eigenvalue weighted by molar-refractivity contribution is -0.438. The maximum atomic E-state index is 6.31. The van der Waals surface area contributed by atoms with Crippen LogP contribution in [0.5, 0.6) is 0 Å². The molecule has 28 heavy (non-hydrogen) atoms. The van der Waals surface area contributed by atoms with E-state index in [0.29, 0.717) is 0 Å². The van der Waals surface area contributed by atoms with Crippen LogP contribution >= 0.6 is 11.6 Å². The van der Waals surface area contributed by atoms with Gasteiger partial charge in [0.15, 0.2) is 5.71 Å². The number of rotatable bonds is 6. The summed E-state index contributed by atoms with van der Waals surface area (Å²) in [6.45, 7) is 7.87. The first-order chi connectivity index (χ1) is 12.8. The minimum absolute atomic E-state index is 0. The van der Waals surface area contributed by atoms with Gasteiger partial charge in [0, 0.05) is 48.9 Å². The minimum atomic E-state index is -0.0615. The molecule has 4 heteroatoms. The van der Waals surface area contributed by atoms with Gasteiger partial charge in [0.1, 0.15) is 6.54 Å². The van der Waals surface area contributed by atoms with E-state index >= 15 is 0 Å². The van der Waals surface area contributed by atoms with Crippen molar-refractivity contribution < 1.29 is 28.6 Å². The van der Waals surface area contributed by atoms with Crippen LogP contribution in [0.25, 0.3) is 6.08 Å². The summed E-state index contributed by atoms with van der Waals surface area (Å²) in [5.74, 6) is 0. The fraction of sp³-hybridized carbons (Fsp3) is 0.375. The van der Waals surface area contributed by atoms with Gasteiger partial charge >= 0.3 is 0 Å². The lowest BCUT2D eigenvalue weighted by Gasteiger charge is -2.15. The zero-order valence-electron chi connectivity index (χ0n) is 17.5. The Labute approximate surface area is 191 Å². The average Bonchev–Trinajstić information content (AvgIpc) is 2.84. The van der Waals surface area contributed by atoms with E-state index in [2.05, 4.69) is 92.9 Å². The van der Waals surface area contributed by atoms with Gasteiger partial charge in [-0.2, -0.15) is 4.58 Å². The number of benzene rings is 2. The molecule has 0 atom stereocenters. The van der Waals surface area contributed by atoms with Gasteiger partial charge in [0.2, 0.25) is 5.69 Å². The molecule has 0 unspecified atom stereocenters. The summed E-state index contributed by atoms with van der Waals surface area (Å²) in [6.07, 6.45) is 6.87. The first kappa shape index (κ1) is 23.0. The molecule has 0 spiro atoms. The lowest BCUT2D eigenvalue weighted by Crippen LogP contribution is -3.00. The molecule has 150 valence electrons. The maximum Gasteiger partial charge on any atom is 0.209 e. The first-order valence-electron chi connectivity index (χ1n) is 9.75. The van der Waals surface area contributed by atoms with Gasteiger partial charge < -0.3 is 28.9 Å². The zero-order valence-corrected chi connectivity index (χ0v) is 20.4. The molecule has 1 aliphatic heterocycles. The lowest BCUT2D eigenvalue weighted by atomic mass is 9.81. The molecule has 1 heterocycles. The summed E-state index contributed by atoms with van der Waals surface area (Å²) in [4.78, 5) is 2.12. The SMILES string of the molecule is CCCC[N+]1=C(/C=C/c2ccc(N(C)C)cc2)C(C)(C)c2cc(Cl)ccc21.[I-]. The molecule has 1 aliphatic rings. The molecular weight excluding hydrogens is 479 g/mol. The van der Waals surface area contributed by atoms with E-state index in [0.717, 1.165) is 11.6 Å². The molecule has 0 radical (unpaired) electrons. The van der Waals surface area contributed by atoms with Gasteiger partial charge in [-0.1, -0.05) is 37.1 Å². The number of nitrogens with zero attached hydrogens (tertiary/aromatic N) is 2. The highest BCUT2D eigenvalue weighted by atomic mass is 127. The van der Waals surface area contributed by atoms with E-state index in [1.165, 1.54) is 41.1 Å². The zero-order chi connectivity index (χ0) is 19.6. The van der Waals surface area contributed by atoms with E-state index in [4.69, 9.17) is 11.6 Å². The molecule has 0 saturated heterocycles. The summed E-state index contributed by atoms with van der Waals surface area (Å²) in [5, 5.41) is 0.807. The van der Waals surface area contributed by atoms with Gasteiger partial charge in [-0.05, 0) is 49.8 Å². The second kappa shape index (κ2) is 9.45. The number of hydrogen-bond acceptors (Lipinski definition) is 1. The third-order valence-corrected chi connectivity index (χ3v) is 5.67. The fourth-order valence-corrected chi connectivity index (χ4v) is 3.94. The standard InChI is InChI=1S/C24H30ClN2.HI/c1-6-7-16-27-22-14-11-19(25)17-21(22)24(2,3)23(27)15-10-18-8-12-20(13-9-18)26(4)5;/h8-15,17H,6-7,16H2,1-5H3;1H/q+1;/p-1. The van der Waals surface area contributed by atoms with Crippen LogP contribution in [0.4, 0.5) is 11.4 Å². The maximum absolute atomic E-state index is 6.31. The highest BCUT2D eigenvalue weighted by molar-refractivity contribution is 6.30. The summed E-state index contributed by atoms with van der Waals surface area (Å²) in [5.41, 5.74) is 6.31. The second-order valence-corrected chi connectivity index (χ2v) is 8.43. The van der Waals surface area contributed by atoms with Gasteiger partial charge in [0.05, 0.1) is 5.41 Å². The summed E-state index contributed by atoms with van der Waals surface area (Å²) in [6, 6.07) is 15.0. The Morgan fingerprint density at radius 1 is 1.04 bits per heavy atom. The van der Waals surface area contributed by atoms with E-state index in [1.54, 1.807) is 0 Å². The fourth-order valence-electron chi connectivity index (χ4n) is 3.76. The molecule has 0 fully saturated rings. The number of anilines is 1. The van der Waals surface area contributed by atoms with Crippen molar-refractivity contribution in [1.29, 1.82) is 0 Å². The largest absolute Gasteiger partial charge is 1.00 e. The number of allylic oxidation sites excluding steroid dienone is 1. The Morgan fingerprint density at radius 2 is 1.71 bits per heavy atom. The molecular formula is C24H30ClIN2. The number of hydrogen-bond donors (Lipinski definition) is 0. The van der Waals surface area contributed by atoms with Crippen LogP contribution in [0.2, 0.25) is 5.02 Å². The van der Waals surface area contributed by atoms with E-state index in [-0.39, 0.29) is 29.4 Å². The van der Waals surface area contributed by atoms with Crippen molar-refractivity contribution in [2.24, 2.45) is 0 Å². The molecule has 0 aliphatic carbocycles. The number of halogens is 2. The predicted octanol–water partition coefficient (Wildman–Crippen LogP) is 3.30. The monoisotopic (exact) mass is 508 g/mol.